The van der Waals surface area contributed by atoms with E-state index in [2.05, 4.69) is 12.1 Å². The molecule has 0 radical (unpaired) electrons. The SMILES string of the molecule is O=C(c1ccc2c(c1)CCC2)N1CCC(OCCO)CC1. The molecule has 0 spiro atoms. The molecule has 4 heteroatoms. The standard InChI is InChI=1S/C17H23NO3/c19-10-11-21-16-6-8-18(9-7-16)17(20)15-5-4-13-2-1-3-14(13)12-15/h4-5,12,16,19H,1-3,6-11H2. The molecule has 3 rings (SSSR count). The average molecular weight is 289 g/mol. The van der Waals surface area contributed by atoms with E-state index >= 15 is 0 Å². The summed E-state index contributed by atoms with van der Waals surface area (Å²) >= 11 is 0. The summed E-state index contributed by atoms with van der Waals surface area (Å²) in [4.78, 5) is 14.5. The molecular weight excluding hydrogens is 266 g/mol. The van der Waals surface area contributed by atoms with Crippen LogP contribution >= 0.6 is 0 Å². The van der Waals surface area contributed by atoms with Gasteiger partial charge in [0.1, 0.15) is 0 Å². The Morgan fingerprint density at radius 1 is 1.24 bits per heavy atom. The average Bonchev–Trinajstić information content (AvgIpc) is 3.00. The highest BCUT2D eigenvalue weighted by Crippen LogP contribution is 2.24. The van der Waals surface area contributed by atoms with Crippen molar-refractivity contribution < 1.29 is 14.6 Å². The van der Waals surface area contributed by atoms with Gasteiger partial charge in [0.05, 0.1) is 19.3 Å². The molecule has 0 bridgehead atoms. The Balaban J connectivity index is 1.59. The molecule has 4 nitrogen and oxygen atoms in total. The molecule has 0 atom stereocenters. The maximum Gasteiger partial charge on any atom is 0.253 e. The first-order valence-electron chi connectivity index (χ1n) is 7.91. The van der Waals surface area contributed by atoms with Crippen molar-refractivity contribution in [1.29, 1.82) is 0 Å². The van der Waals surface area contributed by atoms with Crippen LogP contribution in [-0.2, 0) is 17.6 Å². The van der Waals surface area contributed by atoms with Crippen LogP contribution in [0.1, 0.15) is 40.7 Å². The molecular formula is C17H23NO3. The second-order valence-corrected chi connectivity index (χ2v) is 5.92. The predicted octanol–water partition coefficient (Wildman–Crippen LogP) is 1.79. The fourth-order valence-electron chi connectivity index (χ4n) is 3.33. The van der Waals surface area contributed by atoms with Crippen LogP contribution in [0.5, 0.6) is 0 Å². The number of aliphatic hydroxyl groups excluding tert-OH is 1. The molecule has 1 aliphatic heterocycles. The third-order valence-corrected chi connectivity index (χ3v) is 4.52. The molecule has 21 heavy (non-hydrogen) atoms. The number of amides is 1. The van der Waals surface area contributed by atoms with E-state index in [-0.39, 0.29) is 18.6 Å². The number of hydrogen-bond donors (Lipinski definition) is 1. The first kappa shape index (κ1) is 14.5. The quantitative estimate of drug-likeness (QED) is 0.919. The van der Waals surface area contributed by atoms with E-state index in [9.17, 15) is 4.79 Å². The lowest BCUT2D eigenvalue weighted by Gasteiger charge is -2.32. The summed E-state index contributed by atoms with van der Waals surface area (Å²) in [6, 6.07) is 6.17. The molecule has 1 aromatic carbocycles. The number of benzene rings is 1. The smallest absolute Gasteiger partial charge is 0.253 e. The Labute approximate surface area is 125 Å². The molecule has 114 valence electrons. The van der Waals surface area contributed by atoms with Gasteiger partial charge in [0, 0.05) is 18.7 Å². The minimum absolute atomic E-state index is 0.0638. The number of aliphatic hydroxyl groups is 1. The monoisotopic (exact) mass is 289 g/mol. The summed E-state index contributed by atoms with van der Waals surface area (Å²) in [6.07, 6.45) is 5.36. The minimum Gasteiger partial charge on any atom is -0.394 e. The number of carbonyl (C=O) groups excluding carboxylic acids is 1. The molecule has 0 unspecified atom stereocenters. The number of nitrogens with zero attached hydrogens (tertiary/aromatic N) is 1. The van der Waals surface area contributed by atoms with Gasteiger partial charge in [0.25, 0.3) is 5.91 Å². The second kappa shape index (κ2) is 6.58. The van der Waals surface area contributed by atoms with Gasteiger partial charge in [-0.2, -0.15) is 0 Å². The highest BCUT2D eigenvalue weighted by molar-refractivity contribution is 5.94. The van der Waals surface area contributed by atoms with Gasteiger partial charge in [-0.25, -0.2) is 0 Å². The van der Waals surface area contributed by atoms with Gasteiger partial charge in [0.2, 0.25) is 0 Å². The van der Waals surface area contributed by atoms with Crippen LogP contribution in [0, 0.1) is 0 Å². The van der Waals surface area contributed by atoms with E-state index in [4.69, 9.17) is 9.84 Å². The third-order valence-electron chi connectivity index (χ3n) is 4.52. The highest BCUT2D eigenvalue weighted by Gasteiger charge is 2.24. The molecule has 1 aliphatic carbocycles. The van der Waals surface area contributed by atoms with Crippen molar-refractivity contribution in [1.82, 2.24) is 4.90 Å². The van der Waals surface area contributed by atoms with E-state index in [1.54, 1.807) is 0 Å². The largest absolute Gasteiger partial charge is 0.394 e. The normalized spacial score (nSPS) is 18.8. The van der Waals surface area contributed by atoms with E-state index < -0.39 is 0 Å². The van der Waals surface area contributed by atoms with Crippen LogP contribution in [0.15, 0.2) is 18.2 Å². The van der Waals surface area contributed by atoms with Crippen molar-refractivity contribution in [2.24, 2.45) is 0 Å². The number of carbonyl (C=O) groups is 1. The number of likely N-dealkylation sites (tertiary alicyclic amines) is 1. The van der Waals surface area contributed by atoms with Gasteiger partial charge >= 0.3 is 0 Å². The van der Waals surface area contributed by atoms with Crippen molar-refractivity contribution in [3.05, 3.63) is 34.9 Å². The number of aryl methyl sites for hydroxylation is 2. The Morgan fingerprint density at radius 2 is 2.00 bits per heavy atom. The zero-order chi connectivity index (χ0) is 14.7. The van der Waals surface area contributed by atoms with Crippen LogP contribution in [-0.4, -0.2) is 48.3 Å². The lowest BCUT2D eigenvalue weighted by Crippen LogP contribution is -2.41. The summed E-state index contributed by atoms with van der Waals surface area (Å²) in [6.45, 7) is 1.94. The number of fused-ring (bicyclic) bond motifs is 1. The number of piperidine rings is 1. The zero-order valence-electron chi connectivity index (χ0n) is 12.4. The Bertz CT molecular complexity index is 507. The molecule has 1 N–H and O–H groups in total. The van der Waals surface area contributed by atoms with Crippen LogP contribution in [0.25, 0.3) is 0 Å². The Morgan fingerprint density at radius 3 is 2.76 bits per heavy atom. The number of rotatable bonds is 4. The van der Waals surface area contributed by atoms with Crippen molar-refractivity contribution in [2.75, 3.05) is 26.3 Å². The molecule has 1 heterocycles. The first-order chi connectivity index (χ1) is 10.3. The van der Waals surface area contributed by atoms with Crippen molar-refractivity contribution >= 4 is 5.91 Å². The Kier molecular flexibility index (Phi) is 4.56. The van der Waals surface area contributed by atoms with E-state index in [1.165, 1.54) is 17.5 Å². The number of hydrogen-bond acceptors (Lipinski definition) is 3. The topological polar surface area (TPSA) is 49.8 Å². The van der Waals surface area contributed by atoms with Gasteiger partial charge in [-0.15, -0.1) is 0 Å². The van der Waals surface area contributed by atoms with Gasteiger partial charge in [-0.05, 0) is 55.4 Å². The van der Waals surface area contributed by atoms with Gasteiger partial charge < -0.3 is 14.7 Å². The van der Waals surface area contributed by atoms with Gasteiger partial charge in [0.15, 0.2) is 0 Å². The summed E-state index contributed by atoms with van der Waals surface area (Å²) < 4.78 is 5.54. The molecule has 1 fully saturated rings. The third kappa shape index (κ3) is 3.27. The summed E-state index contributed by atoms with van der Waals surface area (Å²) in [7, 11) is 0. The molecule has 1 saturated heterocycles. The lowest BCUT2D eigenvalue weighted by molar-refractivity contribution is -0.00554. The highest BCUT2D eigenvalue weighted by atomic mass is 16.5. The summed E-state index contributed by atoms with van der Waals surface area (Å²) in [5, 5.41) is 8.77. The van der Waals surface area contributed by atoms with E-state index in [0.717, 1.165) is 44.3 Å². The molecule has 1 aromatic rings. The van der Waals surface area contributed by atoms with Crippen LogP contribution in [0.4, 0.5) is 0 Å². The fraction of sp³-hybridized carbons (Fsp3) is 0.588. The fourth-order valence-corrected chi connectivity index (χ4v) is 3.33. The molecule has 1 amide bonds. The van der Waals surface area contributed by atoms with Crippen LogP contribution in [0.2, 0.25) is 0 Å². The van der Waals surface area contributed by atoms with Gasteiger partial charge in [-0.1, -0.05) is 6.07 Å². The first-order valence-corrected chi connectivity index (χ1v) is 7.91. The van der Waals surface area contributed by atoms with Crippen LogP contribution in [0.3, 0.4) is 0 Å². The van der Waals surface area contributed by atoms with Crippen molar-refractivity contribution in [3.63, 3.8) is 0 Å². The zero-order valence-corrected chi connectivity index (χ0v) is 12.4. The van der Waals surface area contributed by atoms with E-state index in [1.807, 2.05) is 11.0 Å². The maximum absolute atomic E-state index is 12.6. The molecule has 2 aliphatic rings. The summed E-state index contributed by atoms with van der Waals surface area (Å²) in [5.74, 6) is 0.144. The van der Waals surface area contributed by atoms with Gasteiger partial charge in [-0.3, -0.25) is 4.79 Å². The molecule has 0 saturated carbocycles. The van der Waals surface area contributed by atoms with Crippen molar-refractivity contribution in [3.8, 4) is 0 Å². The summed E-state index contributed by atoms with van der Waals surface area (Å²) in [5.41, 5.74) is 3.58. The van der Waals surface area contributed by atoms with Crippen molar-refractivity contribution in [2.45, 2.75) is 38.2 Å². The molecule has 0 aromatic heterocycles. The Hall–Kier alpha value is -1.39. The lowest BCUT2D eigenvalue weighted by atomic mass is 10.0. The van der Waals surface area contributed by atoms with E-state index in [0.29, 0.717) is 6.61 Å². The number of ether oxygens (including phenoxy) is 1. The minimum atomic E-state index is 0.0638. The second-order valence-electron chi connectivity index (χ2n) is 5.92. The maximum atomic E-state index is 12.6. The van der Waals surface area contributed by atoms with Crippen LogP contribution < -0.4 is 0 Å². The predicted molar refractivity (Wildman–Crippen MR) is 80.4 cm³/mol.